The second kappa shape index (κ2) is 4.93. The summed E-state index contributed by atoms with van der Waals surface area (Å²) in [4.78, 5) is 2.11. The van der Waals surface area contributed by atoms with E-state index in [0.717, 1.165) is 19.3 Å². The SMILES string of the molecule is Cc1nnc(CN(C)C2CCCCC2O)o1. The van der Waals surface area contributed by atoms with Crippen molar-refractivity contribution >= 4 is 0 Å². The highest BCUT2D eigenvalue weighted by Crippen LogP contribution is 2.23. The van der Waals surface area contributed by atoms with E-state index in [4.69, 9.17) is 4.42 Å². The van der Waals surface area contributed by atoms with Gasteiger partial charge in [-0.15, -0.1) is 10.2 Å². The summed E-state index contributed by atoms with van der Waals surface area (Å²) in [5.74, 6) is 1.21. The number of hydrogen-bond acceptors (Lipinski definition) is 5. The molecular formula is C11H19N3O2. The van der Waals surface area contributed by atoms with E-state index in [0.29, 0.717) is 18.3 Å². The zero-order chi connectivity index (χ0) is 11.5. The van der Waals surface area contributed by atoms with Crippen LogP contribution in [0, 0.1) is 6.92 Å². The van der Waals surface area contributed by atoms with Crippen molar-refractivity contribution in [2.45, 2.75) is 51.3 Å². The fraction of sp³-hybridized carbons (Fsp3) is 0.818. The van der Waals surface area contributed by atoms with Crippen molar-refractivity contribution in [2.75, 3.05) is 7.05 Å². The lowest BCUT2D eigenvalue weighted by Gasteiger charge is -2.34. The Morgan fingerprint density at radius 2 is 2.12 bits per heavy atom. The first-order chi connectivity index (χ1) is 7.66. The van der Waals surface area contributed by atoms with Crippen LogP contribution in [-0.2, 0) is 6.54 Å². The van der Waals surface area contributed by atoms with Crippen LogP contribution in [0.4, 0.5) is 0 Å². The second-order valence-electron chi connectivity index (χ2n) is 4.55. The largest absolute Gasteiger partial charge is 0.424 e. The maximum Gasteiger partial charge on any atom is 0.230 e. The Labute approximate surface area is 95.5 Å². The number of aliphatic hydroxyl groups is 1. The Morgan fingerprint density at radius 3 is 2.75 bits per heavy atom. The molecule has 1 N–H and O–H groups in total. The third-order valence-electron chi connectivity index (χ3n) is 3.21. The molecule has 1 aliphatic rings. The van der Waals surface area contributed by atoms with Crippen LogP contribution in [0.2, 0.25) is 0 Å². The summed E-state index contributed by atoms with van der Waals surface area (Å²) in [6, 6.07) is 0.223. The molecule has 90 valence electrons. The molecule has 5 nitrogen and oxygen atoms in total. The van der Waals surface area contributed by atoms with Gasteiger partial charge in [-0.25, -0.2) is 0 Å². The fourth-order valence-electron chi connectivity index (χ4n) is 2.34. The summed E-state index contributed by atoms with van der Waals surface area (Å²) >= 11 is 0. The Hall–Kier alpha value is -0.940. The van der Waals surface area contributed by atoms with Crippen molar-refractivity contribution in [3.05, 3.63) is 11.8 Å². The monoisotopic (exact) mass is 225 g/mol. The zero-order valence-corrected chi connectivity index (χ0v) is 9.89. The van der Waals surface area contributed by atoms with E-state index in [1.165, 1.54) is 6.42 Å². The minimum Gasteiger partial charge on any atom is -0.424 e. The highest BCUT2D eigenvalue weighted by molar-refractivity contribution is 4.85. The van der Waals surface area contributed by atoms with Crippen LogP contribution in [0.3, 0.4) is 0 Å². The predicted molar refractivity (Wildman–Crippen MR) is 58.8 cm³/mol. The van der Waals surface area contributed by atoms with Crippen LogP contribution >= 0.6 is 0 Å². The molecule has 1 fully saturated rings. The topological polar surface area (TPSA) is 62.4 Å². The van der Waals surface area contributed by atoms with Crippen LogP contribution in [0.25, 0.3) is 0 Å². The average molecular weight is 225 g/mol. The van der Waals surface area contributed by atoms with E-state index >= 15 is 0 Å². The fourth-order valence-corrected chi connectivity index (χ4v) is 2.34. The van der Waals surface area contributed by atoms with E-state index in [-0.39, 0.29) is 12.1 Å². The summed E-state index contributed by atoms with van der Waals surface area (Å²) in [6.07, 6.45) is 4.05. The zero-order valence-electron chi connectivity index (χ0n) is 9.89. The summed E-state index contributed by atoms with van der Waals surface area (Å²) in [7, 11) is 2.00. The standard InChI is InChI=1S/C11H19N3O2/c1-8-12-13-11(16-8)7-14(2)9-5-3-4-6-10(9)15/h9-10,15H,3-7H2,1-2H3. The molecule has 0 amide bonds. The van der Waals surface area contributed by atoms with Crippen molar-refractivity contribution in [2.24, 2.45) is 0 Å². The molecule has 0 spiro atoms. The summed E-state index contributed by atoms with van der Waals surface area (Å²) in [5, 5.41) is 17.7. The molecule has 1 aromatic heterocycles. The van der Waals surface area contributed by atoms with Crippen LogP contribution in [0.1, 0.15) is 37.5 Å². The van der Waals surface area contributed by atoms with E-state index in [1.54, 1.807) is 6.92 Å². The van der Waals surface area contributed by atoms with E-state index in [2.05, 4.69) is 15.1 Å². The van der Waals surface area contributed by atoms with Gasteiger partial charge in [0.1, 0.15) is 0 Å². The highest BCUT2D eigenvalue weighted by Gasteiger charge is 2.27. The van der Waals surface area contributed by atoms with Gasteiger partial charge in [-0.2, -0.15) is 0 Å². The Morgan fingerprint density at radius 1 is 1.38 bits per heavy atom. The first-order valence-corrected chi connectivity index (χ1v) is 5.84. The van der Waals surface area contributed by atoms with Crippen molar-refractivity contribution in [1.29, 1.82) is 0 Å². The molecule has 0 aromatic carbocycles. The number of hydrogen-bond donors (Lipinski definition) is 1. The van der Waals surface area contributed by atoms with Gasteiger partial charge in [0.05, 0.1) is 12.6 Å². The lowest BCUT2D eigenvalue weighted by atomic mass is 9.92. The van der Waals surface area contributed by atoms with Gasteiger partial charge in [0.15, 0.2) is 0 Å². The molecule has 16 heavy (non-hydrogen) atoms. The molecule has 1 saturated carbocycles. The van der Waals surface area contributed by atoms with Gasteiger partial charge in [0.25, 0.3) is 0 Å². The van der Waals surface area contributed by atoms with Gasteiger partial charge >= 0.3 is 0 Å². The molecule has 5 heteroatoms. The molecule has 0 saturated heterocycles. The summed E-state index contributed by atoms with van der Waals surface area (Å²) < 4.78 is 5.33. The van der Waals surface area contributed by atoms with Gasteiger partial charge in [0.2, 0.25) is 11.8 Å². The molecule has 2 unspecified atom stereocenters. The van der Waals surface area contributed by atoms with E-state index in [9.17, 15) is 5.11 Å². The minimum atomic E-state index is -0.220. The summed E-state index contributed by atoms with van der Waals surface area (Å²) in [6.45, 7) is 2.40. The molecular weight excluding hydrogens is 206 g/mol. The smallest absolute Gasteiger partial charge is 0.230 e. The first kappa shape index (κ1) is 11.5. The highest BCUT2D eigenvalue weighted by atomic mass is 16.4. The van der Waals surface area contributed by atoms with Crippen LogP contribution in [0.5, 0.6) is 0 Å². The average Bonchev–Trinajstić information content (AvgIpc) is 2.64. The first-order valence-electron chi connectivity index (χ1n) is 5.84. The van der Waals surface area contributed by atoms with Crippen molar-refractivity contribution in [3.63, 3.8) is 0 Å². The maximum absolute atomic E-state index is 9.91. The Kier molecular flexibility index (Phi) is 3.56. The maximum atomic E-state index is 9.91. The number of aryl methyl sites for hydroxylation is 1. The van der Waals surface area contributed by atoms with Crippen LogP contribution < -0.4 is 0 Å². The molecule has 1 aliphatic carbocycles. The quantitative estimate of drug-likeness (QED) is 0.835. The number of nitrogens with zero attached hydrogens (tertiary/aromatic N) is 3. The van der Waals surface area contributed by atoms with Crippen molar-refractivity contribution < 1.29 is 9.52 Å². The molecule has 1 aromatic rings. The third kappa shape index (κ3) is 2.59. The molecule has 0 radical (unpaired) electrons. The van der Waals surface area contributed by atoms with Crippen LogP contribution in [0.15, 0.2) is 4.42 Å². The third-order valence-corrected chi connectivity index (χ3v) is 3.21. The second-order valence-corrected chi connectivity index (χ2v) is 4.55. The Bertz CT molecular complexity index is 340. The van der Waals surface area contributed by atoms with Gasteiger partial charge in [-0.3, -0.25) is 4.90 Å². The molecule has 2 atom stereocenters. The Balaban J connectivity index is 1.93. The molecule has 0 bridgehead atoms. The normalized spacial score (nSPS) is 26.2. The van der Waals surface area contributed by atoms with Crippen LogP contribution in [-0.4, -0.2) is 39.4 Å². The lowest BCUT2D eigenvalue weighted by Crippen LogP contribution is -2.42. The van der Waals surface area contributed by atoms with Gasteiger partial charge in [0, 0.05) is 13.0 Å². The van der Waals surface area contributed by atoms with E-state index < -0.39 is 0 Å². The molecule has 2 rings (SSSR count). The number of rotatable bonds is 3. The molecule has 1 heterocycles. The lowest BCUT2D eigenvalue weighted by molar-refractivity contribution is 0.0254. The number of likely N-dealkylation sites (N-methyl/N-ethyl adjacent to an activating group) is 1. The van der Waals surface area contributed by atoms with Gasteiger partial charge < -0.3 is 9.52 Å². The number of aliphatic hydroxyl groups excluding tert-OH is 1. The van der Waals surface area contributed by atoms with Gasteiger partial charge in [-0.1, -0.05) is 12.8 Å². The predicted octanol–water partition coefficient (Wildman–Crippen LogP) is 1.11. The number of aromatic nitrogens is 2. The van der Waals surface area contributed by atoms with Crippen molar-refractivity contribution in [3.8, 4) is 0 Å². The minimum absolute atomic E-state index is 0.220. The van der Waals surface area contributed by atoms with Crippen molar-refractivity contribution in [1.82, 2.24) is 15.1 Å². The van der Waals surface area contributed by atoms with E-state index in [1.807, 2.05) is 7.05 Å². The molecule has 0 aliphatic heterocycles. The van der Waals surface area contributed by atoms with Gasteiger partial charge in [-0.05, 0) is 19.9 Å². The summed E-state index contributed by atoms with van der Waals surface area (Å²) in [5.41, 5.74) is 0.